The fourth-order valence-corrected chi connectivity index (χ4v) is 1.88. The van der Waals surface area contributed by atoms with Crippen molar-refractivity contribution < 1.29 is 24.2 Å². The topological polar surface area (TPSA) is 76.1 Å². The van der Waals surface area contributed by atoms with Gasteiger partial charge in [-0.05, 0) is 38.0 Å². The summed E-state index contributed by atoms with van der Waals surface area (Å²) in [6.45, 7) is 3.00. The van der Waals surface area contributed by atoms with E-state index in [9.17, 15) is 9.59 Å². The maximum Gasteiger partial charge on any atom is 0.329 e. The third-order valence-corrected chi connectivity index (χ3v) is 3.77. The highest BCUT2D eigenvalue weighted by atomic mass is 16.5. The lowest BCUT2D eigenvalue weighted by Gasteiger charge is -2.31. The Hall–Kier alpha value is -2.24. The van der Waals surface area contributed by atoms with Gasteiger partial charge in [-0.2, -0.15) is 0 Å². The molecule has 1 amide bonds. The molecule has 122 valence electrons. The third-order valence-electron chi connectivity index (χ3n) is 3.77. The fraction of sp³-hybridized carbons (Fsp3) is 0.500. The first kappa shape index (κ1) is 17.8. The lowest BCUT2D eigenvalue weighted by atomic mass is 10.0. The molecule has 1 N–H and O–H groups in total. The van der Waals surface area contributed by atoms with Crippen LogP contribution in [0, 0.1) is 0 Å². The number of carbonyl (C=O) groups is 2. The molecule has 0 radical (unpaired) electrons. The van der Waals surface area contributed by atoms with Crippen LogP contribution in [-0.4, -0.2) is 48.7 Å². The van der Waals surface area contributed by atoms with Crippen molar-refractivity contribution in [3.63, 3.8) is 0 Å². The molecule has 1 aromatic carbocycles. The summed E-state index contributed by atoms with van der Waals surface area (Å²) in [6.07, 6.45) is 0.690. The number of rotatable bonds is 7. The van der Waals surface area contributed by atoms with E-state index in [-0.39, 0.29) is 12.3 Å². The molecule has 0 heterocycles. The van der Waals surface area contributed by atoms with Crippen LogP contribution in [-0.2, 0) is 16.0 Å². The number of carbonyl (C=O) groups excluding carboxylic acids is 1. The van der Waals surface area contributed by atoms with Gasteiger partial charge in [0.1, 0.15) is 17.0 Å². The number of aliphatic carboxylic acids is 1. The van der Waals surface area contributed by atoms with Gasteiger partial charge in [0.2, 0.25) is 5.91 Å². The maximum absolute atomic E-state index is 12.2. The first-order valence-electron chi connectivity index (χ1n) is 6.94. The van der Waals surface area contributed by atoms with E-state index >= 15 is 0 Å². The molecule has 0 atom stereocenters. The van der Waals surface area contributed by atoms with Crippen molar-refractivity contribution in [2.75, 3.05) is 21.3 Å². The Kier molecular flexibility index (Phi) is 5.79. The van der Waals surface area contributed by atoms with Crippen LogP contribution in [0.4, 0.5) is 0 Å². The molecule has 0 saturated heterocycles. The smallest absolute Gasteiger partial charge is 0.329 e. The standard InChI is InChI=1S/C16H23NO5/c1-16(2,15(19)20)17(3)14(18)7-6-11-8-12(21-4)10-13(9-11)22-5/h8-10H,6-7H2,1-5H3,(H,19,20). The zero-order chi connectivity index (χ0) is 16.9. The molecule has 0 aliphatic heterocycles. The van der Waals surface area contributed by atoms with Crippen LogP contribution in [0.25, 0.3) is 0 Å². The Morgan fingerprint density at radius 2 is 1.64 bits per heavy atom. The number of amides is 1. The molecule has 1 aromatic rings. The van der Waals surface area contributed by atoms with Crippen LogP contribution >= 0.6 is 0 Å². The summed E-state index contributed by atoms with van der Waals surface area (Å²) in [7, 11) is 4.63. The van der Waals surface area contributed by atoms with Gasteiger partial charge in [0.15, 0.2) is 0 Å². The quantitative estimate of drug-likeness (QED) is 0.833. The summed E-state index contributed by atoms with van der Waals surface area (Å²) in [4.78, 5) is 24.6. The Bertz CT molecular complexity index is 531. The Balaban J connectivity index is 2.78. The second-order valence-electron chi connectivity index (χ2n) is 5.54. The number of methoxy groups -OCH3 is 2. The number of ether oxygens (including phenoxy) is 2. The molecule has 0 aliphatic rings. The van der Waals surface area contributed by atoms with Gasteiger partial charge in [0.05, 0.1) is 14.2 Å². The van der Waals surface area contributed by atoms with Gasteiger partial charge in [-0.3, -0.25) is 4.79 Å². The minimum absolute atomic E-state index is 0.212. The van der Waals surface area contributed by atoms with E-state index in [1.54, 1.807) is 20.3 Å². The van der Waals surface area contributed by atoms with E-state index in [4.69, 9.17) is 14.6 Å². The first-order valence-corrected chi connectivity index (χ1v) is 6.94. The minimum atomic E-state index is -1.23. The molecule has 0 aromatic heterocycles. The third kappa shape index (κ3) is 4.13. The molecule has 0 saturated carbocycles. The Labute approximate surface area is 130 Å². The number of nitrogens with zero attached hydrogens (tertiary/aromatic N) is 1. The molecule has 22 heavy (non-hydrogen) atoms. The monoisotopic (exact) mass is 309 g/mol. The van der Waals surface area contributed by atoms with Crippen molar-refractivity contribution in [1.82, 2.24) is 4.90 Å². The van der Waals surface area contributed by atoms with Gasteiger partial charge in [-0.25, -0.2) is 4.79 Å². The molecular formula is C16H23NO5. The normalized spacial score (nSPS) is 11.0. The van der Waals surface area contributed by atoms with E-state index in [1.807, 2.05) is 12.1 Å². The SMILES string of the molecule is COc1cc(CCC(=O)N(C)C(C)(C)C(=O)O)cc(OC)c1. The number of carboxylic acid groups (broad SMARTS) is 1. The summed E-state index contributed by atoms with van der Waals surface area (Å²) in [5.41, 5.74) is -0.338. The minimum Gasteiger partial charge on any atom is -0.497 e. The highest BCUT2D eigenvalue weighted by Crippen LogP contribution is 2.24. The highest BCUT2D eigenvalue weighted by Gasteiger charge is 2.34. The van der Waals surface area contributed by atoms with E-state index < -0.39 is 11.5 Å². The van der Waals surface area contributed by atoms with Crippen molar-refractivity contribution in [3.05, 3.63) is 23.8 Å². The number of likely N-dealkylation sites (N-methyl/N-ethyl adjacent to an activating group) is 1. The molecule has 0 unspecified atom stereocenters. The van der Waals surface area contributed by atoms with Crippen molar-refractivity contribution in [2.45, 2.75) is 32.2 Å². The Morgan fingerprint density at radius 3 is 2.05 bits per heavy atom. The molecule has 0 fully saturated rings. The average Bonchev–Trinajstić information content (AvgIpc) is 2.50. The number of hydrogen-bond acceptors (Lipinski definition) is 4. The molecule has 6 nitrogen and oxygen atoms in total. The summed E-state index contributed by atoms with van der Waals surface area (Å²) in [5, 5.41) is 9.16. The van der Waals surface area contributed by atoms with Gasteiger partial charge < -0.3 is 19.5 Å². The zero-order valence-corrected chi connectivity index (χ0v) is 13.7. The maximum atomic E-state index is 12.2. The number of carboxylic acids is 1. The van der Waals surface area contributed by atoms with Gasteiger partial charge in [0, 0.05) is 19.5 Å². The summed E-state index contributed by atoms with van der Waals surface area (Å²) >= 11 is 0. The molecule has 0 aliphatic carbocycles. The lowest BCUT2D eigenvalue weighted by Crippen LogP contribution is -2.50. The van der Waals surface area contributed by atoms with Gasteiger partial charge in [0.25, 0.3) is 0 Å². The molecule has 0 spiro atoms. The summed E-state index contributed by atoms with van der Waals surface area (Å²) in [5.74, 6) is 0.0441. The van der Waals surface area contributed by atoms with E-state index in [1.165, 1.54) is 25.8 Å². The van der Waals surface area contributed by atoms with Gasteiger partial charge in [-0.15, -0.1) is 0 Å². The van der Waals surface area contributed by atoms with Crippen LogP contribution in [0.15, 0.2) is 18.2 Å². The Morgan fingerprint density at radius 1 is 1.14 bits per heavy atom. The van der Waals surface area contributed by atoms with Crippen molar-refractivity contribution in [3.8, 4) is 11.5 Å². The van der Waals surface area contributed by atoms with Crippen molar-refractivity contribution in [2.24, 2.45) is 0 Å². The van der Waals surface area contributed by atoms with Gasteiger partial charge >= 0.3 is 5.97 Å². The summed E-state index contributed by atoms with van der Waals surface area (Å²) in [6, 6.07) is 5.42. The molecule has 1 rings (SSSR count). The number of hydrogen-bond donors (Lipinski definition) is 1. The van der Waals surface area contributed by atoms with Crippen LogP contribution in [0.3, 0.4) is 0 Å². The van der Waals surface area contributed by atoms with Crippen LogP contribution in [0.1, 0.15) is 25.8 Å². The largest absolute Gasteiger partial charge is 0.497 e. The van der Waals surface area contributed by atoms with Crippen LogP contribution in [0.5, 0.6) is 11.5 Å². The van der Waals surface area contributed by atoms with Crippen LogP contribution < -0.4 is 9.47 Å². The number of benzene rings is 1. The van der Waals surface area contributed by atoms with E-state index in [0.29, 0.717) is 17.9 Å². The second-order valence-corrected chi connectivity index (χ2v) is 5.54. The molecule has 0 bridgehead atoms. The molecular weight excluding hydrogens is 286 g/mol. The molecule has 6 heteroatoms. The predicted octanol–water partition coefficient (Wildman–Crippen LogP) is 1.96. The number of aryl methyl sites for hydroxylation is 1. The first-order chi connectivity index (χ1) is 10.2. The second kappa shape index (κ2) is 7.15. The van der Waals surface area contributed by atoms with Crippen LogP contribution in [0.2, 0.25) is 0 Å². The van der Waals surface area contributed by atoms with E-state index in [0.717, 1.165) is 5.56 Å². The van der Waals surface area contributed by atoms with E-state index in [2.05, 4.69) is 0 Å². The van der Waals surface area contributed by atoms with Gasteiger partial charge in [-0.1, -0.05) is 0 Å². The lowest BCUT2D eigenvalue weighted by molar-refractivity contribution is -0.155. The fourth-order valence-electron chi connectivity index (χ4n) is 1.88. The van der Waals surface area contributed by atoms with Crippen molar-refractivity contribution in [1.29, 1.82) is 0 Å². The summed E-state index contributed by atoms with van der Waals surface area (Å²) < 4.78 is 10.4. The highest BCUT2D eigenvalue weighted by molar-refractivity contribution is 5.86. The average molecular weight is 309 g/mol. The zero-order valence-electron chi connectivity index (χ0n) is 13.7. The predicted molar refractivity (Wildman–Crippen MR) is 82.4 cm³/mol. The van der Waals surface area contributed by atoms with Crippen molar-refractivity contribution >= 4 is 11.9 Å².